The number of ether oxygens (including phenoxy) is 1. The van der Waals surface area contributed by atoms with Crippen molar-refractivity contribution in [2.75, 3.05) is 12.4 Å². The summed E-state index contributed by atoms with van der Waals surface area (Å²) in [6.07, 6.45) is 0. The smallest absolute Gasteiger partial charge is 0.261 e. The van der Waals surface area contributed by atoms with Crippen LogP contribution in [0.5, 0.6) is 5.75 Å². The molecule has 108 valence electrons. The Morgan fingerprint density at radius 1 is 1.19 bits per heavy atom. The summed E-state index contributed by atoms with van der Waals surface area (Å²) in [4.78, 5) is 12.2. The van der Waals surface area contributed by atoms with E-state index in [0.717, 1.165) is 10.2 Å². The van der Waals surface area contributed by atoms with Crippen LogP contribution >= 0.6 is 28.1 Å². The van der Waals surface area contributed by atoms with Crippen molar-refractivity contribution in [3.63, 3.8) is 0 Å². The van der Waals surface area contributed by atoms with Gasteiger partial charge in [0.1, 0.15) is 5.75 Å². The number of amides is 1. The second-order valence-corrected chi connectivity index (χ2v) is 5.44. The van der Waals surface area contributed by atoms with Gasteiger partial charge in [-0.15, -0.1) is 0 Å². The van der Waals surface area contributed by atoms with Gasteiger partial charge in [-0.3, -0.25) is 10.1 Å². The molecular weight excluding hydrogens is 352 g/mol. The zero-order chi connectivity index (χ0) is 15.2. The van der Waals surface area contributed by atoms with Crippen molar-refractivity contribution >= 4 is 44.9 Å². The lowest BCUT2D eigenvalue weighted by Gasteiger charge is -2.11. The van der Waals surface area contributed by atoms with Gasteiger partial charge in [0.2, 0.25) is 0 Å². The summed E-state index contributed by atoms with van der Waals surface area (Å²) < 4.78 is 6.07. The van der Waals surface area contributed by atoms with Crippen LogP contribution in [-0.2, 0) is 0 Å². The van der Waals surface area contributed by atoms with Crippen LogP contribution in [0.4, 0.5) is 5.69 Å². The SMILES string of the molecule is COc1ccccc1C(=O)NC(=S)Nc1cccc(Br)c1. The zero-order valence-corrected chi connectivity index (χ0v) is 13.6. The van der Waals surface area contributed by atoms with Crippen LogP contribution in [0.3, 0.4) is 0 Å². The Bertz CT molecular complexity index is 676. The lowest BCUT2D eigenvalue weighted by atomic mass is 10.2. The summed E-state index contributed by atoms with van der Waals surface area (Å²) in [5, 5.41) is 5.80. The van der Waals surface area contributed by atoms with E-state index in [0.29, 0.717) is 11.3 Å². The molecule has 0 radical (unpaired) electrons. The average Bonchev–Trinajstić information content (AvgIpc) is 2.47. The number of para-hydroxylation sites is 1. The first-order valence-corrected chi connectivity index (χ1v) is 7.31. The third-order valence-electron chi connectivity index (χ3n) is 2.66. The zero-order valence-electron chi connectivity index (χ0n) is 11.2. The van der Waals surface area contributed by atoms with E-state index in [4.69, 9.17) is 17.0 Å². The number of hydrogen-bond acceptors (Lipinski definition) is 3. The van der Waals surface area contributed by atoms with Gasteiger partial charge in [0, 0.05) is 10.2 Å². The Labute approximate surface area is 136 Å². The summed E-state index contributed by atoms with van der Waals surface area (Å²) in [7, 11) is 1.52. The second-order valence-electron chi connectivity index (χ2n) is 4.12. The summed E-state index contributed by atoms with van der Waals surface area (Å²) in [6.45, 7) is 0. The Morgan fingerprint density at radius 3 is 2.67 bits per heavy atom. The number of benzene rings is 2. The van der Waals surface area contributed by atoms with E-state index in [-0.39, 0.29) is 11.0 Å². The molecule has 1 amide bonds. The molecule has 0 fully saturated rings. The van der Waals surface area contributed by atoms with Crippen molar-refractivity contribution < 1.29 is 9.53 Å². The van der Waals surface area contributed by atoms with Gasteiger partial charge >= 0.3 is 0 Å². The minimum absolute atomic E-state index is 0.226. The molecule has 0 saturated carbocycles. The molecule has 2 rings (SSSR count). The number of carbonyl (C=O) groups is 1. The van der Waals surface area contributed by atoms with Gasteiger partial charge < -0.3 is 10.1 Å². The van der Waals surface area contributed by atoms with Crippen LogP contribution in [0.25, 0.3) is 0 Å². The largest absolute Gasteiger partial charge is 0.496 e. The summed E-state index contributed by atoms with van der Waals surface area (Å²) >= 11 is 8.51. The van der Waals surface area contributed by atoms with Crippen LogP contribution in [0.2, 0.25) is 0 Å². The van der Waals surface area contributed by atoms with Crippen molar-refractivity contribution in [2.45, 2.75) is 0 Å². The molecule has 4 nitrogen and oxygen atoms in total. The van der Waals surface area contributed by atoms with Gasteiger partial charge in [-0.25, -0.2) is 0 Å². The highest BCUT2D eigenvalue weighted by Gasteiger charge is 2.12. The molecule has 2 aromatic rings. The van der Waals surface area contributed by atoms with Crippen LogP contribution in [-0.4, -0.2) is 18.1 Å². The molecule has 0 aliphatic carbocycles. The molecule has 0 spiro atoms. The van der Waals surface area contributed by atoms with Crippen molar-refractivity contribution in [1.82, 2.24) is 5.32 Å². The molecule has 0 aliphatic rings. The Balaban J connectivity index is 2.04. The molecule has 0 aromatic heterocycles. The third-order valence-corrected chi connectivity index (χ3v) is 3.36. The highest BCUT2D eigenvalue weighted by atomic mass is 79.9. The number of methoxy groups -OCH3 is 1. The standard InChI is InChI=1S/C15H13BrN2O2S/c1-20-13-8-3-2-7-12(13)14(19)18-15(21)17-11-6-4-5-10(16)9-11/h2-9H,1H3,(H2,17,18,19,21). The van der Waals surface area contributed by atoms with Gasteiger partial charge in [-0.2, -0.15) is 0 Å². The van der Waals surface area contributed by atoms with Crippen LogP contribution in [0, 0.1) is 0 Å². The number of anilines is 1. The van der Waals surface area contributed by atoms with Gasteiger partial charge in [0.05, 0.1) is 12.7 Å². The van der Waals surface area contributed by atoms with E-state index >= 15 is 0 Å². The Kier molecular flexibility index (Phi) is 5.30. The quantitative estimate of drug-likeness (QED) is 0.817. The normalized spacial score (nSPS) is 9.81. The molecular formula is C15H13BrN2O2S. The maximum atomic E-state index is 12.2. The van der Waals surface area contributed by atoms with Crippen LogP contribution < -0.4 is 15.4 Å². The first-order valence-electron chi connectivity index (χ1n) is 6.11. The second kappa shape index (κ2) is 7.19. The molecule has 21 heavy (non-hydrogen) atoms. The van der Waals surface area contributed by atoms with Crippen molar-refractivity contribution in [2.24, 2.45) is 0 Å². The minimum atomic E-state index is -0.319. The lowest BCUT2D eigenvalue weighted by molar-refractivity contribution is 0.0975. The predicted octanol–water partition coefficient (Wildman–Crippen LogP) is 3.58. The summed E-state index contributed by atoms with van der Waals surface area (Å²) in [5.41, 5.74) is 1.22. The van der Waals surface area contributed by atoms with E-state index in [1.807, 2.05) is 24.3 Å². The van der Waals surface area contributed by atoms with Crippen molar-refractivity contribution in [1.29, 1.82) is 0 Å². The van der Waals surface area contributed by atoms with E-state index in [1.54, 1.807) is 24.3 Å². The highest BCUT2D eigenvalue weighted by molar-refractivity contribution is 9.10. The van der Waals surface area contributed by atoms with Gasteiger partial charge in [0.25, 0.3) is 5.91 Å². The van der Waals surface area contributed by atoms with Crippen molar-refractivity contribution in [3.05, 3.63) is 58.6 Å². The minimum Gasteiger partial charge on any atom is -0.496 e. The number of rotatable bonds is 3. The molecule has 2 aromatic carbocycles. The summed E-state index contributed by atoms with van der Waals surface area (Å²) in [6, 6.07) is 14.5. The molecule has 0 aliphatic heterocycles. The van der Waals surface area contributed by atoms with E-state index in [2.05, 4.69) is 26.6 Å². The molecule has 0 saturated heterocycles. The highest BCUT2D eigenvalue weighted by Crippen LogP contribution is 2.17. The van der Waals surface area contributed by atoms with Gasteiger partial charge in [-0.05, 0) is 42.5 Å². The monoisotopic (exact) mass is 364 g/mol. The number of hydrogen-bond donors (Lipinski definition) is 2. The number of nitrogens with one attached hydrogen (secondary N) is 2. The molecule has 2 N–H and O–H groups in total. The van der Waals surface area contributed by atoms with E-state index in [9.17, 15) is 4.79 Å². The van der Waals surface area contributed by atoms with E-state index < -0.39 is 0 Å². The third kappa shape index (κ3) is 4.27. The predicted molar refractivity (Wildman–Crippen MR) is 90.8 cm³/mol. The first-order chi connectivity index (χ1) is 10.1. The maximum Gasteiger partial charge on any atom is 0.261 e. The molecule has 0 heterocycles. The number of halogens is 1. The average molecular weight is 365 g/mol. The fourth-order valence-electron chi connectivity index (χ4n) is 1.73. The van der Waals surface area contributed by atoms with Crippen LogP contribution in [0.1, 0.15) is 10.4 Å². The molecule has 0 unspecified atom stereocenters. The number of carbonyl (C=O) groups excluding carboxylic acids is 1. The van der Waals surface area contributed by atoms with Gasteiger partial charge in [0.15, 0.2) is 5.11 Å². The number of thiocarbonyl (C=S) groups is 1. The fraction of sp³-hybridized carbons (Fsp3) is 0.0667. The molecule has 0 bridgehead atoms. The van der Waals surface area contributed by atoms with Crippen molar-refractivity contribution in [3.8, 4) is 5.75 Å². The Hall–Kier alpha value is -1.92. The Morgan fingerprint density at radius 2 is 1.95 bits per heavy atom. The molecule has 6 heteroatoms. The lowest BCUT2D eigenvalue weighted by Crippen LogP contribution is -2.34. The molecule has 0 atom stereocenters. The topological polar surface area (TPSA) is 50.4 Å². The van der Waals surface area contributed by atoms with E-state index in [1.165, 1.54) is 7.11 Å². The van der Waals surface area contributed by atoms with Gasteiger partial charge in [-0.1, -0.05) is 34.1 Å². The summed E-state index contributed by atoms with van der Waals surface area (Å²) in [5.74, 6) is 0.181. The van der Waals surface area contributed by atoms with Crippen LogP contribution in [0.15, 0.2) is 53.0 Å². The fourth-order valence-corrected chi connectivity index (χ4v) is 2.34. The first kappa shape index (κ1) is 15.5. The maximum absolute atomic E-state index is 12.2.